The van der Waals surface area contributed by atoms with Gasteiger partial charge in [0.05, 0.1) is 11.0 Å². The average Bonchev–Trinajstić information content (AvgIpc) is 3.02. The molecule has 0 aliphatic carbocycles. The van der Waals surface area contributed by atoms with E-state index in [0.717, 1.165) is 16.9 Å². The van der Waals surface area contributed by atoms with Gasteiger partial charge in [-0.2, -0.15) is 0 Å². The minimum absolute atomic E-state index is 0.246. The molecule has 1 heterocycles. The largest absolute Gasteiger partial charge is 0.486 e. The van der Waals surface area contributed by atoms with Gasteiger partial charge in [-0.15, -0.1) is 0 Å². The lowest BCUT2D eigenvalue weighted by Gasteiger charge is -2.08. The second-order valence-corrected chi connectivity index (χ2v) is 7.17. The van der Waals surface area contributed by atoms with Crippen molar-refractivity contribution in [1.29, 1.82) is 0 Å². The zero-order chi connectivity index (χ0) is 20.4. The number of imidazole rings is 1. The summed E-state index contributed by atoms with van der Waals surface area (Å²) in [5.41, 5.74) is 2.12. The van der Waals surface area contributed by atoms with Crippen molar-refractivity contribution in [3.63, 3.8) is 0 Å². The Labute approximate surface area is 177 Å². The number of rotatable bonds is 6. The van der Waals surface area contributed by atoms with E-state index >= 15 is 0 Å². The Kier molecular flexibility index (Phi) is 5.43. The molecular weight excluding hydrogens is 411 g/mol. The number of aromatic nitrogens is 2. The predicted molar refractivity (Wildman–Crippen MR) is 113 cm³/mol. The second kappa shape index (κ2) is 8.15. The number of halogens is 2. The van der Waals surface area contributed by atoms with Crippen LogP contribution in [0.1, 0.15) is 16.2 Å². The van der Waals surface area contributed by atoms with E-state index in [1.807, 2.05) is 41.9 Å². The number of ether oxygens (including phenoxy) is 2. The summed E-state index contributed by atoms with van der Waals surface area (Å²) < 4.78 is 13.6. The molecular formula is C22H16Cl2N2O3. The van der Waals surface area contributed by atoms with E-state index in [4.69, 9.17) is 32.7 Å². The summed E-state index contributed by atoms with van der Waals surface area (Å²) in [5.74, 6) is 2.64. The lowest BCUT2D eigenvalue weighted by Crippen LogP contribution is -2.03. The molecule has 0 bridgehead atoms. The monoisotopic (exact) mass is 426 g/mol. The van der Waals surface area contributed by atoms with Gasteiger partial charge >= 0.3 is 0 Å². The van der Waals surface area contributed by atoms with Gasteiger partial charge < -0.3 is 14.0 Å². The van der Waals surface area contributed by atoms with Crippen LogP contribution in [0.3, 0.4) is 0 Å². The van der Waals surface area contributed by atoms with Crippen molar-refractivity contribution in [1.82, 2.24) is 9.55 Å². The smallest absolute Gasteiger partial charge is 0.252 e. The molecule has 0 saturated carbocycles. The van der Waals surface area contributed by atoms with Crippen LogP contribution >= 0.6 is 23.2 Å². The molecule has 5 nitrogen and oxygen atoms in total. The van der Waals surface area contributed by atoms with Crippen LogP contribution in [-0.2, 0) is 13.7 Å². The minimum atomic E-state index is -0.523. The quantitative estimate of drug-likeness (QED) is 0.356. The molecule has 7 heteroatoms. The van der Waals surface area contributed by atoms with Crippen LogP contribution in [-0.4, -0.2) is 14.8 Å². The topological polar surface area (TPSA) is 53.4 Å². The fraction of sp³-hybridized carbons (Fsp3) is 0.0909. The number of fused-ring (bicyclic) bond motifs is 1. The highest BCUT2D eigenvalue weighted by atomic mass is 35.5. The highest BCUT2D eigenvalue weighted by molar-refractivity contribution is 6.67. The number of carbonyl (C=O) groups excluding carboxylic acids is 1. The first-order valence-corrected chi connectivity index (χ1v) is 9.57. The Hall–Kier alpha value is -3.02. The van der Waals surface area contributed by atoms with Crippen molar-refractivity contribution in [3.8, 4) is 17.2 Å². The lowest BCUT2D eigenvalue weighted by molar-refractivity contribution is 0.108. The van der Waals surface area contributed by atoms with Gasteiger partial charge in [0, 0.05) is 23.7 Å². The third-order valence-corrected chi connectivity index (χ3v) is 4.86. The van der Waals surface area contributed by atoms with E-state index < -0.39 is 5.24 Å². The van der Waals surface area contributed by atoms with Crippen LogP contribution in [0, 0.1) is 0 Å². The predicted octanol–water partition coefficient (Wildman–Crippen LogP) is 5.98. The standard InChI is InChI=1S/C22H16Cl2N2O3/c1-26-20-12-18(29-17-7-3-5-15(23)11-17)8-9-19(20)25-21(26)13-28-16-6-2-4-14(10-16)22(24)27/h2-12H,13H2,1H3. The van der Waals surface area contributed by atoms with Crippen molar-refractivity contribution < 1.29 is 14.3 Å². The van der Waals surface area contributed by atoms with Crippen molar-refractivity contribution in [2.75, 3.05) is 0 Å². The van der Waals surface area contributed by atoms with Crippen LogP contribution in [0.25, 0.3) is 11.0 Å². The van der Waals surface area contributed by atoms with Crippen molar-refractivity contribution in [2.45, 2.75) is 6.61 Å². The van der Waals surface area contributed by atoms with E-state index in [2.05, 4.69) is 4.98 Å². The summed E-state index contributed by atoms with van der Waals surface area (Å²) >= 11 is 11.5. The van der Waals surface area contributed by atoms with Crippen LogP contribution in [0.4, 0.5) is 0 Å². The van der Waals surface area contributed by atoms with E-state index in [1.165, 1.54) is 0 Å². The van der Waals surface area contributed by atoms with Gasteiger partial charge in [0.25, 0.3) is 5.24 Å². The molecule has 0 spiro atoms. The Morgan fingerprint density at radius 3 is 2.55 bits per heavy atom. The third-order valence-electron chi connectivity index (χ3n) is 4.41. The summed E-state index contributed by atoms with van der Waals surface area (Å²) in [6.07, 6.45) is 0. The molecule has 0 saturated heterocycles. The van der Waals surface area contributed by atoms with Gasteiger partial charge in [-0.05, 0) is 60.1 Å². The molecule has 0 fully saturated rings. The second-order valence-electron chi connectivity index (χ2n) is 6.39. The van der Waals surface area contributed by atoms with E-state index in [-0.39, 0.29) is 6.61 Å². The van der Waals surface area contributed by atoms with Crippen molar-refractivity contribution in [2.24, 2.45) is 7.05 Å². The first-order valence-electron chi connectivity index (χ1n) is 8.81. The van der Waals surface area contributed by atoms with Gasteiger partial charge in [0.2, 0.25) is 0 Å². The summed E-state index contributed by atoms with van der Waals surface area (Å²) in [6.45, 7) is 0.246. The van der Waals surface area contributed by atoms with E-state index in [0.29, 0.717) is 27.8 Å². The molecule has 1 aromatic heterocycles. The summed E-state index contributed by atoms with van der Waals surface area (Å²) in [6, 6.07) is 19.6. The maximum absolute atomic E-state index is 11.3. The minimum Gasteiger partial charge on any atom is -0.486 e. The van der Waals surface area contributed by atoms with Crippen LogP contribution in [0.15, 0.2) is 66.7 Å². The van der Waals surface area contributed by atoms with Crippen molar-refractivity contribution >= 4 is 39.5 Å². The van der Waals surface area contributed by atoms with E-state index in [9.17, 15) is 4.79 Å². The number of hydrogen-bond donors (Lipinski definition) is 0. The molecule has 0 radical (unpaired) electrons. The van der Waals surface area contributed by atoms with E-state index in [1.54, 1.807) is 36.4 Å². The van der Waals surface area contributed by atoms with Crippen molar-refractivity contribution in [3.05, 3.63) is 83.1 Å². The molecule has 0 aliphatic rings. The highest BCUT2D eigenvalue weighted by Gasteiger charge is 2.11. The molecule has 0 unspecified atom stereocenters. The number of benzene rings is 3. The third kappa shape index (κ3) is 4.36. The Bertz CT molecular complexity index is 1200. The molecule has 3 aromatic carbocycles. The molecule has 0 amide bonds. The highest BCUT2D eigenvalue weighted by Crippen LogP contribution is 2.28. The Morgan fingerprint density at radius 2 is 1.76 bits per heavy atom. The first kappa shape index (κ1) is 19.3. The maximum Gasteiger partial charge on any atom is 0.252 e. The molecule has 0 atom stereocenters. The number of carbonyl (C=O) groups is 1. The summed E-state index contributed by atoms with van der Waals surface area (Å²) in [7, 11) is 1.91. The normalized spacial score (nSPS) is 10.9. The zero-order valence-electron chi connectivity index (χ0n) is 15.4. The SMILES string of the molecule is Cn1c(COc2cccc(C(=O)Cl)c2)nc2ccc(Oc3cccc(Cl)c3)cc21. The van der Waals surface area contributed by atoms with Gasteiger partial charge in [0.1, 0.15) is 29.7 Å². The van der Waals surface area contributed by atoms with Gasteiger partial charge in [0.15, 0.2) is 0 Å². The molecule has 29 heavy (non-hydrogen) atoms. The van der Waals surface area contributed by atoms with Gasteiger partial charge in [-0.1, -0.05) is 23.7 Å². The molecule has 0 aliphatic heterocycles. The molecule has 4 aromatic rings. The fourth-order valence-electron chi connectivity index (χ4n) is 2.93. The van der Waals surface area contributed by atoms with Crippen LogP contribution < -0.4 is 9.47 Å². The van der Waals surface area contributed by atoms with Gasteiger partial charge in [-0.3, -0.25) is 4.79 Å². The number of aryl methyl sites for hydroxylation is 1. The Balaban J connectivity index is 1.54. The average molecular weight is 427 g/mol. The lowest BCUT2D eigenvalue weighted by atomic mass is 10.2. The number of hydrogen-bond acceptors (Lipinski definition) is 4. The fourth-order valence-corrected chi connectivity index (χ4v) is 3.23. The van der Waals surface area contributed by atoms with Crippen LogP contribution in [0.5, 0.6) is 17.2 Å². The van der Waals surface area contributed by atoms with Crippen LogP contribution in [0.2, 0.25) is 5.02 Å². The van der Waals surface area contributed by atoms with Gasteiger partial charge in [-0.25, -0.2) is 4.98 Å². The zero-order valence-corrected chi connectivity index (χ0v) is 16.9. The molecule has 4 rings (SSSR count). The number of nitrogens with zero attached hydrogens (tertiary/aromatic N) is 2. The first-order chi connectivity index (χ1) is 14.0. The summed E-state index contributed by atoms with van der Waals surface area (Å²) in [5, 5.41) is 0.0916. The molecule has 146 valence electrons. The summed E-state index contributed by atoms with van der Waals surface area (Å²) in [4.78, 5) is 15.9. The molecule has 0 N–H and O–H groups in total. The Morgan fingerprint density at radius 1 is 1.00 bits per heavy atom. The maximum atomic E-state index is 11.3.